The number of benzene rings is 2. The summed E-state index contributed by atoms with van der Waals surface area (Å²) < 4.78 is 7.01. The van der Waals surface area contributed by atoms with Crippen LogP contribution >= 0.6 is 22.9 Å². The number of ether oxygens (including phenoxy) is 1. The zero-order valence-electron chi connectivity index (χ0n) is 16.0. The van der Waals surface area contributed by atoms with Crippen molar-refractivity contribution in [3.05, 3.63) is 68.9 Å². The van der Waals surface area contributed by atoms with Crippen LogP contribution in [0.4, 0.5) is 11.4 Å². The number of amides is 1. The first-order valence-corrected chi connectivity index (χ1v) is 10.0. The zero-order chi connectivity index (χ0) is 20.8. The van der Waals surface area contributed by atoms with Gasteiger partial charge >= 0.3 is 0 Å². The number of nitriles is 1. The molecule has 0 bridgehead atoms. The number of hydrogen-bond acceptors (Lipinski definition) is 5. The largest absolute Gasteiger partial charge is 0.495 e. The zero-order valence-corrected chi connectivity index (χ0v) is 17.5. The Morgan fingerprint density at radius 3 is 2.72 bits per heavy atom. The van der Waals surface area contributed by atoms with Crippen molar-refractivity contribution in [1.29, 1.82) is 5.26 Å². The number of rotatable bonds is 6. The number of methoxy groups -OCH3 is 1. The average molecular weight is 427 g/mol. The molecule has 6 nitrogen and oxygen atoms in total. The van der Waals surface area contributed by atoms with Crippen molar-refractivity contribution >= 4 is 40.2 Å². The SMILES string of the molecule is COc1ccc(NC(=O)Cc2csc(=Nc3ccc(CC#N)cc3)n2C)cc1Cl. The Labute approximate surface area is 177 Å². The molecule has 0 aliphatic heterocycles. The van der Waals surface area contributed by atoms with Crippen molar-refractivity contribution in [1.82, 2.24) is 4.57 Å². The van der Waals surface area contributed by atoms with Gasteiger partial charge in [0.25, 0.3) is 0 Å². The Morgan fingerprint density at radius 2 is 2.07 bits per heavy atom. The average Bonchev–Trinajstić information content (AvgIpc) is 3.03. The fourth-order valence-corrected chi connectivity index (χ4v) is 3.84. The summed E-state index contributed by atoms with van der Waals surface area (Å²) in [5.74, 6) is 0.410. The maximum Gasteiger partial charge on any atom is 0.230 e. The Kier molecular flexibility index (Phi) is 6.70. The molecule has 0 unspecified atom stereocenters. The lowest BCUT2D eigenvalue weighted by Crippen LogP contribution is -2.19. The number of nitrogens with zero attached hydrogens (tertiary/aromatic N) is 3. The van der Waals surface area contributed by atoms with E-state index in [1.54, 1.807) is 25.3 Å². The molecule has 1 aromatic heterocycles. The molecule has 1 heterocycles. The first-order chi connectivity index (χ1) is 14.0. The molecule has 148 valence electrons. The van der Waals surface area contributed by atoms with E-state index in [0.717, 1.165) is 21.7 Å². The third kappa shape index (κ3) is 5.25. The van der Waals surface area contributed by atoms with Crippen molar-refractivity contribution in [2.75, 3.05) is 12.4 Å². The maximum absolute atomic E-state index is 12.4. The topological polar surface area (TPSA) is 79.4 Å². The Balaban J connectivity index is 1.71. The summed E-state index contributed by atoms with van der Waals surface area (Å²) in [6.45, 7) is 0. The summed E-state index contributed by atoms with van der Waals surface area (Å²) in [5, 5.41) is 13.9. The molecule has 0 aliphatic rings. The minimum Gasteiger partial charge on any atom is -0.495 e. The lowest BCUT2D eigenvalue weighted by molar-refractivity contribution is -0.115. The normalized spacial score (nSPS) is 11.2. The van der Waals surface area contributed by atoms with Gasteiger partial charge in [-0.2, -0.15) is 5.26 Å². The minimum atomic E-state index is -0.146. The van der Waals surface area contributed by atoms with Crippen molar-refractivity contribution in [3.63, 3.8) is 0 Å². The van der Waals surface area contributed by atoms with Crippen molar-refractivity contribution in [3.8, 4) is 11.8 Å². The second kappa shape index (κ2) is 9.41. The number of carbonyl (C=O) groups excluding carboxylic acids is 1. The van der Waals surface area contributed by atoms with Crippen LogP contribution in [-0.4, -0.2) is 17.6 Å². The summed E-state index contributed by atoms with van der Waals surface area (Å²) in [7, 11) is 3.42. The second-order valence-electron chi connectivity index (χ2n) is 6.26. The number of anilines is 1. The number of hydrogen-bond donors (Lipinski definition) is 1. The van der Waals surface area contributed by atoms with Crippen LogP contribution in [0, 0.1) is 11.3 Å². The quantitative estimate of drug-likeness (QED) is 0.640. The van der Waals surface area contributed by atoms with E-state index in [1.165, 1.54) is 11.3 Å². The maximum atomic E-state index is 12.4. The number of nitrogens with one attached hydrogen (secondary N) is 1. The predicted octanol–water partition coefficient (Wildman–Crippen LogP) is 4.23. The molecule has 1 amide bonds. The van der Waals surface area contributed by atoms with E-state index in [-0.39, 0.29) is 12.3 Å². The number of aromatic nitrogens is 1. The van der Waals surface area contributed by atoms with E-state index >= 15 is 0 Å². The highest BCUT2D eigenvalue weighted by Crippen LogP contribution is 2.27. The third-order valence-corrected chi connectivity index (χ3v) is 5.50. The Hall–Kier alpha value is -3.08. The minimum absolute atomic E-state index is 0.146. The van der Waals surface area contributed by atoms with E-state index < -0.39 is 0 Å². The molecule has 29 heavy (non-hydrogen) atoms. The van der Waals surface area contributed by atoms with Gasteiger partial charge in [-0.05, 0) is 35.9 Å². The van der Waals surface area contributed by atoms with Crippen LogP contribution in [0.1, 0.15) is 11.3 Å². The van der Waals surface area contributed by atoms with Crippen LogP contribution < -0.4 is 14.9 Å². The van der Waals surface area contributed by atoms with Gasteiger partial charge < -0.3 is 14.6 Å². The molecule has 3 rings (SSSR count). The molecule has 0 fully saturated rings. The lowest BCUT2D eigenvalue weighted by Gasteiger charge is -2.08. The van der Waals surface area contributed by atoms with Crippen LogP contribution in [0.3, 0.4) is 0 Å². The van der Waals surface area contributed by atoms with Crippen LogP contribution in [0.5, 0.6) is 5.75 Å². The van der Waals surface area contributed by atoms with E-state index in [1.807, 2.05) is 41.3 Å². The van der Waals surface area contributed by atoms with Crippen molar-refractivity contribution in [2.24, 2.45) is 12.0 Å². The molecule has 1 N–H and O–H groups in total. The second-order valence-corrected chi connectivity index (χ2v) is 7.50. The van der Waals surface area contributed by atoms with Gasteiger partial charge in [0.15, 0.2) is 4.80 Å². The first kappa shape index (κ1) is 20.6. The van der Waals surface area contributed by atoms with E-state index in [2.05, 4.69) is 16.4 Å². The molecule has 0 atom stereocenters. The molecule has 3 aromatic rings. The monoisotopic (exact) mass is 426 g/mol. The fourth-order valence-electron chi connectivity index (χ4n) is 2.67. The van der Waals surface area contributed by atoms with Gasteiger partial charge in [-0.15, -0.1) is 11.3 Å². The smallest absolute Gasteiger partial charge is 0.230 e. The standard InChI is InChI=1S/C21H19ClN4O2S/c1-26-17(12-20(27)24-16-7-8-19(28-2)18(22)11-16)13-29-21(26)25-15-5-3-14(4-6-15)9-10-23/h3-8,11,13H,9,12H2,1-2H3,(H,24,27). The predicted molar refractivity (Wildman–Crippen MR) is 115 cm³/mol. The first-order valence-electron chi connectivity index (χ1n) is 8.77. The van der Waals surface area contributed by atoms with E-state index in [9.17, 15) is 4.79 Å². The summed E-state index contributed by atoms with van der Waals surface area (Å²) in [6.07, 6.45) is 0.596. The van der Waals surface area contributed by atoms with E-state index in [0.29, 0.717) is 22.9 Å². The third-order valence-electron chi connectivity index (χ3n) is 4.24. The van der Waals surface area contributed by atoms with Crippen molar-refractivity contribution < 1.29 is 9.53 Å². The highest BCUT2D eigenvalue weighted by atomic mass is 35.5. The molecule has 2 aromatic carbocycles. The summed E-state index contributed by atoms with van der Waals surface area (Å²) >= 11 is 7.57. The molecule has 0 radical (unpaired) electrons. The molecular weight excluding hydrogens is 408 g/mol. The molecule has 0 saturated carbocycles. The molecule has 0 aliphatic carbocycles. The van der Waals surface area contributed by atoms with Crippen LogP contribution in [0.25, 0.3) is 0 Å². The molecule has 0 spiro atoms. The van der Waals surface area contributed by atoms with Crippen LogP contribution in [0.2, 0.25) is 5.02 Å². The summed E-state index contributed by atoms with van der Waals surface area (Å²) in [5.41, 5.74) is 3.22. The number of halogens is 1. The Bertz CT molecular complexity index is 1130. The molecule has 8 heteroatoms. The Morgan fingerprint density at radius 1 is 1.31 bits per heavy atom. The highest BCUT2D eigenvalue weighted by Gasteiger charge is 2.10. The molecule has 0 saturated heterocycles. The van der Waals surface area contributed by atoms with Crippen LogP contribution in [-0.2, 0) is 24.7 Å². The van der Waals surface area contributed by atoms with Gasteiger partial charge in [0.1, 0.15) is 5.75 Å². The fraction of sp³-hybridized carbons (Fsp3) is 0.190. The van der Waals surface area contributed by atoms with Gasteiger partial charge in [-0.25, -0.2) is 4.99 Å². The van der Waals surface area contributed by atoms with Gasteiger partial charge in [0.2, 0.25) is 5.91 Å². The van der Waals surface area contributed by atoms with Gasteiger partial charge in [-0.1, -0.05) is 23.7 Å². The molecular formula is C21H19ClN4O2S. The van der Waals surface area contributed by atoms with Crippen molar-refractivity contribution in [2.45, 2.75) is 12.8 Å². The number of thiazole rings is 1. The van der Waals surface area contributed by atoms with E-state index in [4.69, 9.17) is 21.6 Å². The summed E-state index contributed by atoms with van der Waals surface area (Å²) in [4.78, 5) is 17.8. The summed E-state index contributed by atoms with van der Waals surface area (Å²) in [6, 6.07) is 14.8. The van der Waals surface area contributed by atoms with Crippen LogP contribution in [0.15, 0.2) is 52.8 Å². The van der Waals surface area contributed by atoms with Gasteiger partial charge in [-0.3, -0.25) is 4.79 Å². The lowest BCUT2D eigenvalue weighted by atomic mass is 10.1. The highest BCUT2D eigenvalue weighted by molar-refractivity contribution is 7.07. The van der Waals surface area contributed by atoms with Gasteiger partial charge in [0.05, 0.1) is 36.7 Å². The number of carbonyl (C=O) groups is 1. The van der Waals surface area contributed by atoms with Gasteiger partial charge in [0, 0.05) is 23.8 Å².